The van der Waals surface area contributed by atoms with Crippen LogP contribution in [0.25, 0.3) is 0 Å². The molecule has 0 unspecified atom stereocenters. The first-order chi connectivity index (χ1) is 16.7. The fraction of sp³-hybridized carbons (Fsp3) is 0.172. The van der Waals surface area contributed by atoms with E-state index >= 15 is 0 Å². The number of carbonyl (C=O) groups excluding carboxylic acids is 2. The topological polar surface area (TPSA) is 61.2 Å². The van der Waals surface area contributed by atoms with Crippen LogP contribution in [0.2, 0.25) is 0 Å². The van der Waals surface area contributed by atoms with Gasteiger partial charge in [-0.3, -0.25) is 4.79 Å². The van der Waals surface area contributed by atoms with Crippen molar-refractivity contribution in [2.75, 3.05) is 0 Å². The quantitative estimate of drug-likeness (QED) is 0.179. The molecule has 0 radical (unpaired) electrons. The number of benzene rings is 3. The molecule has 178 valence electrons. The monoisotopic (exact) mass is 484 g/mol. The molecule has 4 rings (SSSR count). The van der Waals surface area contributed by atoms with E-state index in [4.69, 9.17) is 4.74 Å². The fourth-order valence-corrected chi connectivity index (χ4v) is 8.46. The maximum atomic E-state index is 14.3. The number of nitrogens with zero attached hydrogens (tertiary/aromatic N) is 2. The fourth-order valence-electron chi connectivity index (χ4n) is 4.20. The zero-order valence-electron chi connectivity index (χ0n) is 20.4. The lowest BCUT2D eigenvalue weighted by molar-refractivity contribution is -0.145. The molecule has 3 aromatic carbocycles. The summed E-state index contributed by atoms with van der Waals surface area (Å²) in [5.74, 6) is -1.00. The lowest BCUT2D eigenvalue weighted by Gasteiger charge is -2.32. The molecule has 0 atom stereocenters. The SMILES string of the molecule is Cn1cncc1C(=O)C(C(=O)OC(C)(C)C)=P(c1ccccc1)(c1ccccc1)c1ccccc1. The van der Waals surface area contributed by atoms with Gasteiger partial charge in [0.25, 0.3) is 0 Å². The Morgan fingerprint density at radius 1 is 0.771 bits per heavy atom. The molecule has 0 N–H and O–H groups in total. The molecule has 0 saturated carbocycles. The highest BCUT2D eigenvalue weighted by Crippen LogP contribution is 2.47. The molecule has 0 fully saturated rings. The van der Waals surface area contributed by atoms with Crippen molar-refractivity contribution in [2.24, 2.45) is 7.05 Å². The number of carbonyl (C=O) groups is 2. The number of esters is 1. The molecule has 5 nitrogen and oxygen atoms in total. The summed E-state index contributed by atoms with van der Waals surface area (Å²) in [6, 6.07) is 29.4. The van der Waals surface area contributed by atoms with Gasteiger partial charge < -0.3 is 9.30 Å². The Bertz CT molecular complexity index is 1280. The number of rotatable bonds is 6. The molecule has 1 aromatic heterocycles. The number of ketones is 1. The van der Waals surface area contributed by atoms with E-state index in [2.05, 4.69) is 4.98 Å². The van der Waals surface area contributed by atoms with Crippen LogP contribution < -0.4 is 15.9 Å². The molecule has 0 bridgehead atoms. The number of hydrogen-bond acceptors (Lipinski definition) is 4. The standard InChI is InChI=1S/C29H29N2O3P/c1-29(2,3)34-28(33)27(26(32)25-20-30-21-31(25)4)35(22-14-8-5-9-15-22,23-16-10-6-11-17-23)24-18-12-7-13-19-24/h5-21H,1-4H3. The van der Waals surface area contributed by atoms with Gasteiger partial charge in [0.05, 0.1) is 12.5 Å². The smallest absolute Gasteiger partial charge is 0.343 e. The zero-order valence-corrected chi connectivity index (χ0v) is 21.3. The summed E-state index contributed by atoms with van der Waals surface area (Å²) in [7, 11) is 1.75. The van der Waals surface area contributed by atoms with E-state index in [0.717, 1.165) is 15.9 Å². The number of aryl methyl sites for hydroxylation is 1. The summed E-state index contributed by atoms with van der Waals surface area (Å²) in [4.78, 5) is 32.6. The Hall–Kier alpha value is -3.69. The molecule has 0 aliphatic carbocycles. The van der Waals surface area contributed by atoms with Crippen molar-refractivity contribution < 1.29 is 14.3 Å². The van der Waals surface area contributed by atoms with E-state index in [1.165, 1.54) is 6.20 Å². The van der Waals surface area contributed by atoms with Crippen molar-refractivity contribution in [1.29, 1.82) is 0 Å². The van der Waals surface area contributed by atoms with Gasteiger partial charge >= 0.3 is 5.97 Å². The van der Waals surface area contributed by atoms with Gasteiger partial charge in [-0.25, -0.2) is 9.78 Å². The molecule has 0 aliphatic rings. The largest absolute Gasteiger partial charge is 0.456 e. The highest BCUT2D eigenvalue weighted by atomic mass is 31.2. The van der Waals surface area contributed by atoms with Gasteiger partial charge in [-0.05, 0) is 43.6 Å². The first-order valence-electron chi connectivity index (χ1n) is 11.4. The summed E-state index contributed by atoms with van der Waals surface area (Å²) in [6.45, 7) is 2.46. The van der Waals surface area contributed by atoms with E-state index in [0.29, 0.717) is 5.69 Å². The molecule has 0 amide bonds. The molecule has 4 aromatic rings. The summed E-state index contributed by atoms with van der Waals surface area (Å²) >= 11 is 0. The number of hydrogen-bond donors (Lipinski definition) is 0. The maximum Gasteiger partial charge on any atom is 0.343 e. The first-order valence-corrected chi connectivity index (χ1v) is 13.2. The van der Waals surface area contributed by atoms with Crippen LogP contribution in [0.5, 0.6) is 0 Å². The van der Waals surface area contributed by atoms with Crippen molar-refractivity contribution >= 4 is 39.8 Å². The lowest BCUT2D eigenvalue weighted by atomic mass is 10.2. The molecular weight excluding hydrogens is 455 g/mol. The first kappa shape index (κ1) is 24.4. The maximum absolute atomic E-state index is 14.3. The van der Waals surface area contributed by atoms with Crippen LogP contribution in [0.1, 0.15) is 31.3 Å². The van der Waals surface area contributed by atoms with Gasteiger partial charge in [-0.2, -0.15) is 0 Å². The number of imidazole rings is 1. The molecule has 0 aliphatic heterocycles. The van der Waals surface area contributed by atoms with Gasteiger partial charge in [0.1, 0.15) is 16.6 Å². The van der Waals surface area contributed by atoms with Crippen molar-refractivity contribution in [3.05, 3.63) is 109 Å². The van der Waals surface area contributed by atoms with Crippen molar-refractivity contribution in [1.82, 2.24) is 9.55 Å². The normalized spacial score (nSPS) is 11.7. The molecule has 6 heteroatoms. The second kappa shape index (κ2) is 9.89. The van der Waals surface area contributed by atoms with Crippen LogP contribution in [0.4, 0.5) is 0 Å². The third-order valence-electron chi connectivity index (χ3n) is 5.62. The average molecular weight is 485 g/mol. The average Bonchev–Trinajstić information content (AvgIpc) is 3.28. The van der Waals surface area contributed by atoms with Crippen LogP contribution in [-0.4, -0.2) is 32.2 Å². The van der Waals surface area contributed by atoms with Crippen LogP contribution in [0, 0.1) is 0 Å². The molecule has 35 heavy (non-hydrogen) atoms. The highest BCUT2D eigenvalue weighted by Gasteiger charge is 2.40. The van der Waals surface area contributed by atoms with Gasteiger partial charge in [0.15, 0.2) is 0 Å². The van der Waals surface area contributed by atoms with Gasteiger partial charge in [-0.15, -0.1) is 0 Å². The Kier molecular flexibility index (Phi) is 6.90. The second-order valence-corrected chi connectivity index (χ2v) is 12.6. The number of aromatic nitrogens is 2. The summed E-state index contributed by atoms with van der Waals surface area (Å²) in [6.07, 6.45) is 3.07. The van der Waals surface area contributed by atoms with E-state index in [1.807, 2.05) is 112 Å². The van der Waals surface area contributed by atoms with E-state index in [-0.39, 0.29) is 11.1 Å². The minimum atomic E-state index is -2.97. The van der Waals surface area contributed by atoms with E-state index in [9.17, 15) is 9.59 Å². The predicted octanol–water partition coefficient (Wildman–Crippen LogP) is 4.11. The number of ether oxygens (including phenoxy) is 1. The summed E-state index contributed by atoms with van der Waals surface area (Å²) in [5.41, 5.74) is -0.451. The molecular formula is C29H29N2O3P. The Balaban J connectivity index is 2.27. The Morgan fingerprint density at radius 3 is 1.54 bits per heavy atom. The Morgan fingerprint density at radius 2 is 1.20 bits per heavy atom. The van der Waals surface area contributed by atoms with Gasteiger partial charge in [0, 0.05) is 7.05 Å². The van der Waals surface area contributed by atoms with Gasteiger partial charge in [0.2, 0.25) is 5.78 Å². The third-order valence-corrected chi connectivity index (χ3v) is 9.90. The number of Topliss-reactive ketones (excluding diaryl/α,β-unsaturated/α-hetero) is 1. The second-order valence-electron chi connectivity index (χ2n) is 9.25. The molecule has 0 spiro atoms. The van der Waals surface area contributed by atoms with Crippen LogP contribution in [0.15, 0.2) is 104 Å². The summed E-state index contributed by atoms with van der Waals surface area (Å²) in [5, 5.41) is 2.82. The van der Waals surface area contributed by atoms with Crippen LogP contribution in [0.3, 0.4) is 0 Å². The minimum absolute atomic E-state index is 0.125. The third kappa shape index (κ3) is 4.78. The minimum Gasteiger partial charge on any atom is -0.456 e. The zero-order chi connectivity index (χ0) is 25.1. The summed E-state index contributed by atoms with van der Waals surface area (Å²) < 4.78 is 7.57. The molecule has 0 saturated heterocycles. The Labute approximate surface area is 206 Å². The highest BCUT2D eigenvalue weighted by molar-refractivity contribution is 7.97. The lowest BCUT2D eigenvalue weighted by Crippen LogP contribution is -2.41. The van der Waals surface area contributed by atoms with Crippen molar-refractivity contribution in [2.45, 2.75) is 26.4 Å². The van der Waals surface area contributed by atoms with E-state index in [1.54, 1.807) is 17.9 Å². The van der Waals surface area contributed by atoms with Gasteiger partial charge in [-0.1, -0.05) is 91.0 Å². The van der Waals surface area contributed by atoms with Crippen molar-refractivity contribution in [3.8, 4) is 0 Å². The van der Waals surface area contributed by atoms with Crippen molar-refractivity contribution in [3.63, 3.8) is 0 Å². The molecule has 1 heterocycles. The van der Waals surface area contributed by atoms with Crippen LogP contribution in [-0.2, 0) is 16.6 Å². The predicted molar refractivity (Wildman–Crippen MR) is 144 cm³/mol. The van der Waals surface area contributed by atoms with E-state index < -0.39 is 18.5 Å². The van der Waals surface area contributed by atoms with Crippen LogP contribution >= 0.6 is 6.89 Å².